The van der Waals surface area contributed by atoms with E-state index in [-0.39, 0.29) is 18.5 Å². The molecule has 3 nitrogen and oxygen atoms in total. The topological polar surface area (TPSA) is 29.5 Å². The summed E-state index contributed by atoms with van der Waals surface area (Å²) in [6.45, 7) is 0.280. The van der Waals surface area contributed by atoms with Crippen LogP contribution in [0.4, 0.5) is 31.1 Å². The molecule has 0 radical (unpaired) electrons. The molecule has 22 heavy (non-hydrogen) atoms. The van der Waals surface area contributed by atoms with Crippen molar-refractivity contribution >= 4 is 18.7 Å². The maximum absolute atomic E-state index is 12.3. The number of nitrogens with zero attached hydrogens (tertiary/aromatic N) is 1. The minimum absolute atomic E-state index is 0.140. The SMILES string of the molecule is CS.O=C(OC(C(F)(F)F)C(F)(F)F)N1CCC2(CC1)CC2. The molecule has 0 bridgehead atoms. The van der Waals surface area contributed by atoms with Gasteiger partial charge in [0, 0.05) is 13.1 Å². The molecule has 0 atom stereocenters. The number of thiol groups is 1. The van der Waals surface area contributed by atoms with Gasteiger partial charge in [-0.2, -0.15) is 39.0 Å². The molecule has 1 saturated heterocycles. The summed E-state index contributed by atoms with van der Waals surface area (Å²) in [4.78, 5) is 12.3. The molecule has 2 aliphatic rings. The van der Waals surface area contributed by atoms with Gasteiger partial charge in [-0.3, -0.25) is 0 Å². The third kappa shape index (κ3) is 4.85. The van der Waals surface area contributed by atoms with Crippen LogP contribution in [0, 0.1) is 5.41 Å². The van der Waals surface area contributed by atoms with Crippen LogP contribution in [0.1, 0.15) is 25.7 Å². The van der Waals surface area contributed by atoms with Gasteiger partial charge in [0.05, 0.1) is 0 Å². The van der Waals surface area contributed by atoms with Crippen LogP contribution in [0.25, 0.3) is 0 Å². The number of carbonyl (C=O) groups excluding carboxylic acids is 1. The maximum atomic E-state index is 12.3. The fraction of sp³-hybridized carbons (Fsp3) is 0.917. The molecule has 1 aliphatic heterocycles. The minimum atomic E-state index is -5.67. The number of hydrogen-bond acceptors (Lipinski definition) is 3. The van der Waals surface area contributed by atoms with E-state index in [0.717, 1.165) is 17.7 Å². The monoisotopic (exact) mass is 353 g/mol. The molecule has 1 heterocycles. The van der Waals surface area contributed by atoms with Crippen molar-refractivity contribution in [1.29, 1.82) is 0 Å². The second kappa shape index (κ2) is 6.76. The molecule has 2 fully saturated rings. The number of amides is 1. The van der Waals surface area contributed by atoms with E-state index in [1.54, 1.807) is 6.26 Å². The van der Waals surface area contributed by atoms with Crippen LogP contribution < -0.4 is 0 Å². The van der Waals surface area contributed by atoms with Gasteiger partial charge in [-0.1, -0.05) is 0 Å². The zero-order valence-corrected chi connectivity index (χ0v) is 12.7. The summed E-state index contributed by atoms with van der Waals surface area (Å²) >= 11 is 3.53. The van der Waals surface area contributed by atoms with Crippen molar-refractivity contribution in [3.8, 4) is 0 Å². The predicted octanol–water partition coefficient (Wildman–Crippen LogP) is 4.04. The van der Waals surface area contributed by atoms with Gasteiger partial charge < -0.3 is 9.64 Å². The van der Waals surface area contributed by atoms with Crippen molar-refractivity contribution in [2.45, 2.75) is 44.1 Å². The number of alkyl halides is 6. The fourth-order valence-corrected chi connectivity index (χ4v) is 2.33. The van der Waals surface area contributed by atoms with Crippen molar-refractivity contribution in [1.82, 2.24) is 4.90 Å². The van der Waals surface area contributed by atoms with Crippen LogP contribution in [0.2, 0.25) is 0 Å². The van der Waals surface area contributed by atoms with Crippen LogP contribution >= 0.6 is 12.6 Å². The first-order valence-corrected chi connectivity index (χ1v) is 7.47. The summed E-state index contributed by atoms with van der Waals surface area (Å²) in [7, 11) is 0. The van der Waals surface area contributed by atoms with Gasteiger partial charge in [0.2, 0.25) is 0 Å². The second-order valence-electron chi connectivity index (χ2n) is 5.33. The Morgan fingerprint density at radius 1 is 1.00 bits per heavy atom. The van der Waals surface area contributed by atoms with Crippen molar-refractivity contribution in [2.75, 3.05) is 19.3 Å². The lowest BCUT2D eigenvalue weighted by molar-refractivity contribution is -0.308. The number of likely N-dealkylation sites (tertiary alicyclic amines) is 1. The van der Waals surface area contributed by atoms with Crippen molar-refractivity contribution in [2.24, 2.45) is 5.41 Å². The van der Waals surface area contributed by atoms with E-state index in [9.17, 15) is 31.1 Å². The van der Waals surface area contributed by atoms with Crippen molar-refractivity contribution in [3.63, 3.8) is 0 Å². The average molecular weight is 353 g/mol. The highest BCUT2D eigenvalue weighted by Gasteiger charge is 2.60. The molecule has 0 N–H and O–H groups in total. The third-order valence-corrected chi connectivity index (χ3v) is 3.85. The first-order chi connectivity index (χ1) is 10.0. The molecule has 0 unspecified atom stereocenters. The van der Waals surface area contributed by atoms with Gasteiger partial charge in [0.15, 0.2) is 0 Å². The molecular formula is C12H17F6NO2S. The first kappa shape index (κ1) is 19.2. The van der Waals surface area contributed by atoms with Gasteiger partial charge in [-0.05, 0) is 37.4 Å². The Kier molecular flexibility index (Phi) is 5.91. The molecule has 1 aliphatic carbocycles. The normalized spacial score (nSPS) is 20.5. The molecule has 2 rings (SSSR count). The summed E-state index contributed by atoms with van der Waals surface area (Å²) in [5.74, 6) is 0. The number of halogens is 6. The Balaban J connectivity index is 0.00000116. The maximum Gasteiger partial charge on any atom is 0.434 e. The standard InChI is InChI=1S/C11H13F6NO2.CH4S/c12-10(13,14)7(11(15,16)17)20-8(19)18-5-3-9(1-2-9)4-6-18;1-2/h7H,1-6H2;2H,1H3. The van der Waals surface area contributed by atoms with Crippen molar-refractivity contribution < 1.29 is 35.9 Å². The molecule has 0 aromatic rings. The number of hydrogen-bond donors (Lipinski definition) is 1. The Labute approximate surface area is 129 Å². The van der Waals surface area contributed by atoms with Gasteiger partial charge >= 0.3 is 18.4 Å². The van der Waals surface area contributed by atoms with Crippen LogP contribution in [-0.4, -0.2) is 48.8 Å². The van der Waals surface area contributed by atoms with E-state index < -0.39 is 24.5 Å². The van der Waals surface area contributed by atoms with Crippen LogP contribution in [0.5, 0.6) is 0 Å². The lowest BCUT2D eigenvalue weighted by atomic mass is 9.94. The van der Waals surface area contributed by atoms with E-state index in [4.69, 9.17) is 0 Å². The Bertz CT molecular complexity index is 370. The molecule has 1 saturated carbocycles. The second-order valence-corrected chi connectivity index (χ2v) is 5.33. The summed E-state index contributed by atoms with van der Waals surface area (Å²) in [6, 6.07) is 0. The van der Waals surface area contributed by atoms with Gasteiger partial charge in [0.1, 0.15) is 0 Å². The molecule has 0 aromatic heterocycles. The third-order valence-electron chi connectivity index (χ3n) is 3.85. The number of rotatable bonds is 1. The predicted molar refractivity (Wildman–Crippen MR) is 69.8 cm³/mol. The first-order valence-electron chi connectivity index (χ1n) is 6.57. The molecule has 1 amide bonds. The summed E-state index contributed by atoms with van der Waals surface area (Å²) in [6.07, 6.45) is -12.1. The quantitative estimate of drug-likeness (QED) is 0.570. The zero-order chi connectivity index (χ0) is 17.2. The van der Waals surface area contributed by atoms with Gasteiger partial charge in [0.25, 0.3) is 6.10 Å². The van der Waals surface area contributed by atoms with E-state index in [2.05, 4.69) is 17.4 Å². The van der Waals surface area contributed by atoms with Crippen LogP contribution in [0.15, 0.2) is 0 Å². The highest BCUT2D eigenvalue weighted by molar-refractivity contribution is 7.79. The minimum Gasteiger partial charge on any atom is -0.426 e. The molecule has 130 valence electrons. The van der Waals surface area contributed by atoms with Crippen LogP contribution in [-0.2, 0) is 4.74 Å². The van der Waals surface area contributed by atoms with E-state index in [1.807, 2.05) is 0 Å². The highest BCUT2D eigenvalue weighted by atomic mass is 32.1. The summed E-state index contributed by atoms with van der Waals surface area (Å²) < 4.78 is 77.2. The van der Waals surface area contributed by atoms with Crippen LogP contribution in [0.3, 0.4) is 0 Å². The van der Waals surface area contributed by atoms with E-state index in [0.29, 0.717) is 12.8 Å². The number of carbonyl (C=O) groups is 1. The smallest absolute Gasteiger partial charge is 0.426 e. The average Bonchev–Trinajstić information content (AvgIpc) is 3.16. The molecule has 10 heteroatoms. The van der Waals surface area contributed by atoms with E-state index in [1.165, 1.54) is 0 Å². The number of ether oxygens (including phenoxy) is 1. The lowest BCUT2D eigenvalue weighted by Gasteiger charge is -2.33. The molecular weight excluding hydrogens is 336 g/mol. The lowest BCUT2D eigenvalue weighted by Crippen LogP contribution is -2.49. The summed E-state index contributed by atoms with van der Waals surface area (Å²) in [5.41, 5.74) is 0.157. The van der Waals surface area contributed by atoms with Gasteiger partial charge in [-0.25, -0.2) is 4.79 Å². The molecule has 0 aromatic carbocycles. The Morgan fingerprint density at radius 2 is 1.41 bits per heavy atom. The fourth-order valence-electron chi connectivity index (χ4n) is 2.33. The largest absolute Gasteiger partial charge is 0.434 e. The number of piperidine rings is 1. The summed E-state index contributed by atoms with van der Waals surface area (Å²) in [5, 5.41) is 0. The van der Waals surface area contributed by atoms with Crippen molar-refractivity contribution in [3.05, 3.63) is 0 Å². The van der Waals surface area contributed by atoms with E-state index >= 15 is 0 Å². The zero-order valence-electron chi connectivity index (χ0n) is 11.8. The Hall–Kier alpha value is -0.800. The molecule has 1 spiro atoms. The Morgan fingerprint density at radius 3 is 1.73 bits per heavy atom. The highest BCUT2D eigenvalue weighted by Crippen LogP contribution is 2.53. The van der Waals surface area contributed by atoms with Gasteiger partial charge in [-0.15, -0.1) is 0 Å².